The summed E-state index contributed by atoms with van der Waals surface area (Å²) in [4.78, 5) is 12.3. The van der Waals surface area contributed by atoms with Gasteiger partial charge in [-0.2, -0.15) is 0 Å². The van der Waals surface area contributed by atoms with E-state index < -0.39 is 0 Å². The van der Waals surface area contributed by atoms with Gasteiger partial charge in [0.1, 0.15) is 18.4 Å². The number of imidazole rings is 1. The van der Waals surface area contributed by atoms with Crippen molar-refractivity contribution >= 4 is 17.0 Å². The van der Waals surface area contributed by atoms with E-state index >= 15 is 0 Å². The van der Waals surface area contributed by atoms with Crippen molar-refractivity contribution in [2.45, 2.75) is 0 Å². The van der Waals surface area contributed by atoms with Crippen molar-refractivity contribution in [2.75, 3.05) is 12.8 Å². The Kier molecular flexibility index (Phi) is 2.33. The number of benzene rings is 1. The molecule has 0 unspecified atom stereocenters. The number of nitrogens with two attached hydrogens (primary N) is 1. The molecule has 6 nitrogen and oxygen atoms in total. The predicted molar refractivity (Wildman–Crippen MR) is 67.6 cm³/mol. The molecular formula is C12H11N5O. The van der Waals surface area contributed by atoms with Gasteiger partial charge in [-0.3, -0.25) is 4.57 Å². The van der Waals surface area contributed by atoms with Gasteiger partial charge in [-0.15, -0.1) is 0 Å². The van der Waals surface area contributed by atoms with Gasteiger partial charge in [-0.05, 0) is 24.3 Å². The second-order valence-electron chi connectivity index (χ2n) is 3.74. The van der Waals surface area contributed by atoms with Gasteiger partial charge in [0.25, 0.3) is 0 Å². The van der Waals surface area contributed by atoms with Crippen molar-refractivity contribution in [3.05, 3.63) is 36.9 Å². The lowest BCUT2D eigenvalue weighted by Crippen LogP contribution is -1.96. The maximum Gasteiger partial charge on any atom is 0.170 e. The molecule has 2 aromatic heterocycles. The summed E-state index contributed by atoms with van der Waals surface area (Å²) in [5.41, 5.74) is 7.98. The molecule has 0 atom stereocenters. The highest BCUT2D eigenvalue weighted by Gasteiger charge is 2.08. The summed E-state index contributed by atoms with van der Waals surface area (Å²) in [6.07, 6.45) is 3.11. The highest BCUT2D eigenvalue weighted by atomic mass is 16.5. The summed E-state index contributed by atoms with van der Waals surface area (Å²) < 4.78 is 6.98. The molecule has 0 amide bonds. The van der Waals surface area contributed by atoms with E-state index in [1.807, 2.05) is 28.8 Å². The molecule has 0 saturated heterocycles. The molecule has 2 N–H and O–H groups in total. The zero-order valence-electron chi connectivity index (χ0n) is 9.74. The quantitative estimate of drug-likeness (QED) is 0.733. The summed E-state index contributed by atoms with van der Waals surface area (Å²) in [5.74, 6) is 1.18. The molecule has 0 aliphatic rings. The van der Waals surface area contributed by atoms with Gasteiger partial charge < -0.3 is 10.5 Å². The molecule has 0 spiro atoms. The summed E-state index contributed by atoms with van der Waals surface area (Å²) in [5, 5.41) is 0. The van der Waals surface area contributed by atoms with Gasteiger partial charge in [-0.25, -0.2) is 15.0 Å². The Labute approximate surface area is 103 Å². The SMILES string of the molecule is COc1ccc(-n2cnc3c(N)ncnc32)cc1. The number of aromatic nitrogens is 4. The van der Waals surface area contributed by atoms with Gasteiger partial charge in [0.15, 0.2) is 17.0 Å². The van der Waals surface area contributed by atoms with Crippen LogP contribution in [0.25, 0.3) is 16.9 Å². The van der Waals surface area contributed by atoms with Crippen LogP contribution in [0.2, 0.25) is 0 Å². The van der Waals surface area contributed by atoms with Gasteiger partial charge >= 0.3 is 0 Å². The van der Waals surface area contributed by atoms with Crippen molar-refractivity contribution in [1.29, 1.82) is 0 Å². The molecule has 3 rings (SSSR count). The molecule has 0 fully saturated rings. The second-order valence-corrected chi connectivity index (χ2v) is 3.74. The Morgan fingerprint density at radius 3 is 2.61 bits per heavy atom. The number of nitrogen functional groups attached to an aromatic ring is 1. The first-order chi connectivity index (χ1) is 8.79. The van der Waals surface area contributed by atoms with E-state index in [9.17, 15) is 0 Å². The van der Waals surface area contributed by atoms with Crippen LogP contribution >= 0.6 is 0 Å². The molecule has 0 aliphatic carbocycles. The van der Waals surface area contributed by atoms with E-state index in [2.05, 4.69) is 15.0 Å². The number of methoxy groups -OCH3 is 1. The number of rotatable bonds is 2. The van der Waals surface area contributed by atoms with Crippen molar-refractivity contribution in [3.8, 4) is 11.4 Å². The third-order valence-electron chi connectivity index (χ3n) is 2.71. The summed E-state index contributed by atoms with van der Waals surface area (Å²) in [6.45, 7) is 0. The van der Waals surface area contributed by atoms with Crippen molar-refractivity contribution in [3.63, 3.8) is 0 Å². The lowest BCUT2D eigenvalue weighted by Gasteiger charge is -2.05. The van der Waals surface area contributed by atoms with Crippen molar-refractivity contribution < 1.29 is 4.74 Å². The monoisotopic (exact) mass is 241 g/mol. The van der Waals surface area contributed by atoms with Crippen LogP contribution in [0.5, 0.6) is 5.75 Å². The van der Waals surface area contributed by atoms with Crippen LogP contribution in [0.3, 0.4) is 0 Å². The fourth-order valence-corrected chi connectivity index (χ4v) is 1.78. The van der Waals surface area contributed by atoms with E-state index in [0.29, 0.717) is 17.0 Å². The van der Waals surface area contributed by atoms with E-state index in [0.717, 1.165) is 11.4 Å². The minimum atomic E-state index is 0.382. The van der Waals surface area contributed by atoms with E-state index in [1.165, 1.54) is 6.33 Å². The summed E-state index contributed by atoms with van der Waals surface area (Å²) in [7, 11) is 1.63. The van der Waals surface area contributed by atoms with Crippen LogP contribution in [0.1, 0.15) is 0 Å². The first-order valence-corrected chi connectivity index (χ1v) is 5.37. The standard InChI is InChI=1S/C12H11N5O/c1-18-9-4-2-8(3-5-9)17-7-16-10-11(13)14-6-15-12(10)17/h2-7H,1H3,(H2,13,14,15). The first kappa shape index (κ1) is 10.5. The molecular weight excluding hydrogens is 230 g/mol. The number of ether oxygens (including phenoxy) is 1. The molecule has 1 aromatic carbocycles. The lowest BCUT2D eigenvalue weighted by molar-refractivity contribution is 0.415. The third kappa shape index (κ3) is 1.55. The fourth-order valence-electron chi connectivity index (χ4n) is 1.78. The van der Waals surface area contributed by atoms with Crippen LogP contribution in [0, 0.1) is 0 Å². The van der Waals surface area contributed by atoms with Gasteiger partial charge in [-0.1, -0.05) is 0 Å². The topological polar surface area (TPSA) is 78.9 Å². The average molecular weight is 241 g/mol. The summed E-state index contributed by atoms with van der Waals surface area (Å²) >= 11 is 0. The minimum absolute atomic E-state index is 0.382. The van der Waals surface area contributed by atoms with E-state index in [1.54, 1.807) is 13.4 Å². The maximum atomic E-state index is 5.75. The average Bonchev–Trinajstić information content (AvgIpc) is 2.84. The Morgan fingerprint density at radius 2 is 1.89 bits per heavy atom. The van der Waals surface area contributed by atoms with Crippen LogP contribution in [0.4, 0.5) is 5.82 Å². The predicted octanol–water partition coefficient (Wildman–Crippen LogP) is 1.41. The fraction of sp³-hybridized carbons (Fsp3) is 0.0833. The van der Waals surface area contributed by atoms with Gasteiger partial charge in [0.05, 0.1) is 7.11 Å². The second kappa shape index (κ2) is 3.99. The normalized spacial score (nSPS) is 10.7. The largest absolute Gasteiger partial charge is 0.497 e. The maximum absolute atomic E-state index is 5.75. The van der Waals surface area contributed by atoms with Gasteiger partial charge in [0, 0.05) is 5.69 Å². The number of hydrogen-bond donors (Lipinski definition) is 1. The highest BCUT2D eigenvalue weighted by molar-refractivity contribution is 5.82. The highest BCUT2D eigenvalue weighted by Crippen LogP contribution is 2.20. The zero-order valence-corrected chi connectivity index (χ0v) is 9.74. The molecule has 0 saturated carbocycles. The molecule has 6 heteroatoms. The van der Waals surface area contributed by atoms with Crippen molar-refractivity contribution in [1.82, 2.24) is 19.5 Å². The van der Waals surface area contributed by atoms with Gasteiger partial charge in [0.2, 0.25) is 0 Å². The molecule has 18 heavy (non-hydrogen) atoms. The first-order valence-electron chi connectivity index (χ1n) is 5.37. The third-order valence-corrected chi connectivity index (χ3v) is 2.71. The van der Waals surface area contributed by atoms with Crippen LogP contribution in [-0.4, -0.2) is 26.6 Å². The molecule has 0 bridgehead atoms. The molecule has 0 radical (unpaired) electrons. The minimum Gasteiger partial charge on any atom is -0.497 e. The summed E-state index contributed by atoms with van der Waals surface area (Å²) in [6, 6.07) is 7.62. The Balaban J connectivity index is 2.16. The van der Waals surface area contributed by atoms with E-state index in [-0.39, 0.29) is 0 Å². The number of fused-ring (bicyclic) bond motifs is 1. The number of hydrogen-bond acceptors (Lipinski definition) is 5. The van der Waals surface area contributed by atoms with Crippen LogP contribution in [0.15, 0.2) is 36.9 Å². The zero-order chi connectivity index (χ0) is 12.5. The molecule has 90 valence electrons. The lowest BCUT2D eigenvalue weighted by atomic mass is 10.3. The number of anilines is 1. The molecule has 2 heterocycles. The van der Waals surface area contributed by atoms with E-state index in [4.69, 9.17) is 10.5 Å². The smallest absolute Gasteiger partial charge is 0.170 e. The number of nitrogens with zero attached hydrogens (tertiary/aromatic N) is 4. The molecule has 3 aromatic rings. The van der Waals surface area contributed by atoms with Crippen LogP contribution in [-0.2, 0) is 0 Å². The van der Waals surface area contributed by atoms with Crippen molar-refractivity contribution in [2.24, 2.45) is 0 Å². The molecule has 0 aliphatic heterocycles. The Bertz CT molecular complexity index is 689. The van der Waals surface area contributed by atoms with Crippen LogP contribution < -0.4 is 10.5 Å². The Morgan fingerprint density at radius 1 is 1.11 bits per heavy atom. The Hall–Kier alpha value is -2.63.